The Labute approximate surface area is 186 Å². The van der Waals surface area contributed by atoms with Gasteiger partial charge in [-0.1, -0.05) is 29.8 Å². The summed E-state index contributed by atoms with van der Waals surface area (Å²) in [6, 6.07) is 12.0. The van der Waals surface area contributed by atoms with E-state index in [2.05, 4.69) is 15.0 Å². The molecule has 158 valence electrons. The van der Waals surface area contributed by atoms with Crippen molar-refractivity contribution in [3.05, 3.63) is 69.5 Å². The highest BCUT2D eigenvalue weighted by molar-refractivity contribution is 7.99. The molecule has 0 aliphatic carbocycles. The lowest BCUT2D eigenvalue weighted by Gasteiger charge is -2.11. The number of fused-ring (bicyclic) bond motifs is 1. The largest absolute Gasteiger partial charge is 0.496 e. The van der Waals surface area contributed by atoms with Crippen molar-refractivity contribution in [1.29, 1.82) is 0 Å². The van der Waals surface area contributed by atoms with Gasteiger partial charge in [0, 0.05) is 23.7 Å². The van der Waals surface area contributed by atoms with Crippen molar-refractivity contribution >= 4 is 34.9 Å². The third-order valence-electron chi connectivity index (χ3n) is 4.61. The molecular weight excluding hydrogens is 440 g/mol. The van der Waals surface area contributed by atoms with Crippen LogP contribution < -0.4 is 10.5 Å². The Balaban J connectivity index is 1.65. The second kappa shape index (κ2) is 8.78. The zero-order valence-electron chi connectivity index (χ0n) is 16.4. The van der Waals surface area contributed by atoms with Crippen LogP contribution >= 0.6 is 23.4 Å². The van der Waals surface area contributed by atoms with E-state index in [0.717, 1.165) is 17.3 Å². The summed E-state index contributed by atoms with van der Waals surface area (Å²) in [5.74, 6) is 1.32. The second-order valence-corrected chi connectivity index (χ2v) is 7.95. The SMILES string of the molecule is COc1ccc([N+](=O)[O-])cc1Sc1nc2c(N)ncn(CCc3ccccc3Cl)c-2n1. The molecule has 4 rings (SSSR count). The molecule has 0 unspecified atom stereocenters. The van der Waals surface area contributed by atoms with E-state index in [1.165, 1.54) is 19.2 Å². The van der Waals surface area contributed by atoms with E-state index in [1.807, 2.05) is 28.8 Å². The molecule has 2 aliphatic heterocycles. The number of non-ortho nitro benzene ring substituents is 1. The molecule has 9 nitrogen and oxygen atoms in total. The molecule has 0 radical (unpaired) electrons. The van der Waals surface area contributed by atoms with Crippen LogP contribution in [0.5, 0.6) is 5.75 Å². The molecule has 31 heavy (non-hydrogen) atoms. The Bertz CT molecular complexity index is 1230. The van der Waals surface area contributed by atoms with Gasteiger partial charge in [0.15, 0.2) is 22.5 Å². The first-order valence-corrected chi connectivity index (χ1v) is 10.4. The molecule has 0 bridgehead atoms. The van der Waals surface area contributed by atoms with E-state index < -0.39 is 4.92 Å². The molecule has 0 atom stereocenters. The second-order valence-electron chi connectivity index (χ2n) is 6.54. The van der Waals surface area contributed by atoms with E-state index >= 15 is 0 Å². The quantitative estimate of drug-likeness (QED) is 0.322. The van der Waals surface area contributed by atoms with Crippen LogP contribution in [0.2, 0.25) is 5.02 Å². The number of rotatable bonds is 7. The highest BCUT2D eigenvalue weighted by Crippen LogP contribution is 2.38. The van der Waals surface area contributed by atoms with Crippen LogP contribution in [0.3, 0.4) is 0 Å². The van der Waals surface area contributed by atoms with Crippen molar-refractivity contribution in [2.45, 2.75) is 23.0 Å². The van der Waals surface area contributed by atoms with Gasteiger partial charge >= 0.3 is 0 Å². The number of hydrogen-bond donors (Lipinski definition) is 1. The first-order chi connectivity index (χ1) is 15.0. The van der Waals surface area contributed by atoms with Crippen molar-refractivity contribution in [2.75, 3.05) is 12.8 Å². The molecule has 0 fully saturated rings. The Morgan fingerprint density at radius 1 is 1.26 bits per heavy atom. The number of aromatic nitrogens is 4. The summed E-state index contributed by atoms with van der Waals surface area (Å²) in [7, 11) is 1.50. The third kappa shape index (κ3) is 4.39. The number of ether oxygens (including phenoxy) is 1. The molecule has 0 spiro atoms. The van der Waals surface area contributed by atoms with Crippen LogP contribution in [0.1, 0.15) is 5.56 Å². The van der Waals surface area contributed by atoms with E-state index in [9.17, 15) is 10.1 Å². The summed E-state index contributed by atoms with van der Waals surface area (Å²) in [5.41, 5.74) is 7.44. The Morgan fingerprint density at radius 2 is 2.06 bits per heavy atom. The first-order valence-electron chi connectivity index (χ1n) is 9.18. The van der Waals surface area contributed by atoms with Crippen molar-refractivity contribution in [2.24, 2.45) is 0 Å². The van der Waals surface area contributed by atoms with Crippen molar-refractivity contribution in [3.8, 4) is 17.3 Å². The summed E-state index contributed by atoms with van der Waals surface area (Å²) >= 11 is 7.42. The standard InChI is InChI=1S/C20H17ClN6O3S/c1-30-15-7-6-13(27(28)29)10-16(15)31-20-24-17-18(22)23-11-26(19(17)25-20)9-8-12-4-2-3-5-14(12)21/h2-7,10-11H,8-9,22H2,1H3. The Hall–Kier alpha value is -3.37. The fraction of sp³-hybridized carbons (Fsp3) is 0.150. The number of halogens is 1. The molecule has 2 aliphatic rings. The predicted octanol–water partition coefficient (Wildman–Crippen LogP) is 4.32. The number of nitro groups is 1. The number of hydrogen-bond acceptors (Lipinski definition) is 8. The van der Waals surface area contributed by atoms with Gasteiger partial charge in [0.25, 0.3) is 5.69 Å². The van der Waals surface area contributed by atoms with Gasteiger partial charge in [0.05, 0.1) is 23.3 Å². The van der Waals surface area contributed by atoms with Crippen LogP contribution in [0, 0.1) is 10.1 Å². The lowest BCUT2D eigenvalue weighted by molar-refractivity contribution is -0.385. The van der Waals surface area contributed by atoms with Crippen LogP contribution in [0.25, 0.3) is 11.5 Å². The zero-order chi connectivity index (χ0) is 22.0. The monoisotopic (exact) mass is 456 g/mol. The van der Waals surface area contributed by atoms with Gasteiger partial charge in [-0.25, -0.2) is 15.0 Å². The Kier molecular flexibility index (Phi) is 5.92. The zero-order valence-corrected chi connectivity index (χ0v) is 17.9. The molecular formula is C20H17ClN6O3S. The minimum Gasteiger partial charge on any atom is -0.496 e. The maximum absolute atomic E-state index is 11.1. The number of anilines is 1. The number of aryl methyl sites for hydroxylation is 2. The molecule has 0 aromatic heterocycles. The fourth-order valence-electron chi connectivity index (χ4n) is 3.04. The molecule has 2 N–H and O–H groups in total. The number of imidazole rings is 1. The maximum Gasteiger partial charge on any atom is 0.270 e. The van der Waals surface area contributed by atoms with E-state index in [-0.39, 0.29) is 11.5 Å². The molecule has 11 heteroatoms. The summed E-state index contributed by atoms with van der Waals surface area (Å²) < 4.78 is 7.18. The highest BCUT2D eigenvalue weighted by Gasteiger charge is 2.21. The number of nitro benzene ring substituents is 1. The summed E-state index contributed by atoms with van der Waals surface area (Å²) in [4.78, 5) is 24.5. The topological polar surface area (TPSA) is 122 Å². The number of methoxy groups -OCH3 is 1. The first kappa shape index (κ1) is 20.9. The number of nitrogen functional groups attached to an aromatic ring is 1. The van der Waals surface area contributed by atoms with Crippen LogP contribution in [-0.2, 0) is 13.0 Å². The van der Waals surface area contributed by atoms with Crippen LogP contribution in [-0.4, -0.2) is 31.6 Å². The molecule has 2 heterocycles. The molecule has 0 amide bonds. The van der Waals surface area contributed by atoms with Gasteiger partial charge in [-0.2, -0.15) is 0 Å². The van der Waals surface area contributed by atoms with E-state index in [1.54, 1.807) is 12.4 Å². The fourth-order valence-corrected chi connectivity index (χ4v) is 4.17. The highest BCUT2D eigenvalue weighted by atomic mass is 35.5. The minimum absolute atomic E-state index is 0.0459. The van der Waals surface area contributed by atoms with Crippen LogP contribution in [0.4, 0.5) is 11.5 Å². The van der Waals surface area contributed by atoms with Crippen LogP contribution in [0.15, 0.2) is 58.8 Å². The lowest BCUT2D eigenvalue weighted by Crippen LogP contribution is -2.10. The van der Waals surface area contributed by atoms with Gasteiger partial charge in [-0.3, -0.25) is 10.1 Å². The van der Waals surface area contributed by atoms with Crippen molar-refractivity contribution in [3.63, 3.8) is 0 Å². The number of nitrogens with two attached hydrogens (primary N) is 1. The molecule has 0 saturated carbocycles. The van der Waals surface area contributed by atoms with Crippen molar-refractivity contribution < 1.29 is 9.66 Å². The van der Waals surface area contributed by atoms with Gasteiger partial charge in [-0.05, 0) is 35.9 Å². The van der Waals surface area contributed by atoms with Gasteiger partial charge in [0.1, 0.15) is 5.75 Å². The van der Waals surface area contributed by atoms with Gasteiger partial charge in [-0.15, -0.1) is 0 Å². The average molecular weight is 457 g/mol. The van der Waals surface area contributed by atoms with E-state index in [0.29, 0.717) is 45.3 Å². The predicted molar refractivity (Wildman–Crippen MR) is 118 cm³/mol. The molecule has 2 aromatic carbocycles. The summed E-state index contributed by atoms with van der Waals surface area (Å²) in [6.07, 6.45) is 2.30. The number of benzene rings is 2. The molecule has 0 saturated heterocycles. The maximum atomic E-state index is 11.1. The average Bonchev–Trinajstić information content (AvgIpc) is 3.19. The third-order valence-corrected chi connectivity index (χ3v) is 5.88. The van der Waals surface area contributed by atoms with E-state index in [4.69, 9.17) is 22.1 Å². The minimum atomic E-state index is -0.462. The number of nitrogens with zero attached hydrogens (tertiary/aromatic N) is 5. The van der Waals surface area contributed by atoms with Crippen molar-refractivity contribution in [1.82, 2.24) is 19.5 Å². The van der Waals surface area contributed by atoms with Gasteiger partial charge < -0.3 is 15.0 Å². The normalized spacial score (nSPS) is 11.0. The summed E-state index contributed by atoms with van der Waals surface area (Å²) in [5, 5.41) is 12.2. The summed E-state index contributed by atoms with van der Waals surface area (Å²) in [6.45, 7) is 0.580. The lowest BCUT2D eigenvalue weighted by atomic mass is 10.1. The molecule has 2 aromatic rings. The van der Waals surface area contributed by atoms with Gasteiger partial charge in [0.2, 0.25) is 0 Å². The smallest absolute Gasteiger partial charge is 0.270 e. The Morgan fingerprint density at radius 3 is 2.81 bits per heavy atom.